The minimum absolute atomic E-state index is 0.113. The fourth-order valence-corrected chi connectivity index (χ4v) is 5.74. The molecule has 0 aliphatic heterocycles. The SMILES string of the molecule is C#C/C=C(\C=C/C)CC(CC)(C(=O)c1ccc2c(c1)C(CC=C)(CC=C)c1ccccc1-2)N(C)C. The van der Waals surface area contributed by atoms with E-state index < -0.39 is 5.54 Å². The van der Waals surface area contributed by atoms with Crippen molar-refractivity contribution in [2.45, 2.75) is 50.5 Å². The molecule has 0 bridgehead atoms. The Kier molecular flexibility index (Phi) is 8.15. The summed E-state index contributed by atoms with van der Waals surface area (Å²) in [4.78, 5) is 16.3. The number of carbonyl (C=O) groups excluding carboxylic acids is 1. The summed E-state index contributed by atoms with van der Waals surface area (Å²) < 4.78 is 0. The van der Waals surface area contributed by atoms with Crippen LogP contribution in [0.5, 0.6) is 0 Å². The van der Waals surface area contributed by atoms with Crippen LogP contribution in [0.25, 0.3) is 11.1 Å². The third-order valence-corrected chi connectivity index (χ3v) is 7.53. The van der Waals surface area contributed by atoms with Gasteiger partial charge in [0.25, 0.3) is 0 Å². The van der Waals surface area contributed by atoms with Crippen molar-refractivity contribution in [3.05, 3.63) is 108 Å². The van der Waals surface area contributed by atoms with Crippen molar-refractivity contribution in [3.63, 3.8) is 0 Å². The van der Waals surface area contributed by atoms with Gasteiger partial charge in [-0.15, -0.1) is 19.6 Å². The van der Waals surface area contributed by atoms with Crippen molar-refractivity contribution in [2.75, 3.05) is 14.1 Å². The van der Waals surface area contributed by atoms with Crippen molar-refractivity contribution in [3.8, 4) is 23.5 Å². The molecule has 1 atom stereocenters. The largest absolute Gasteiger partial charge is 0.297 e. The van der Waals surface area contributed by atoms with Gasteiger partial charge < -0.3 is 0 Å². The Morgan fingerprint density at radius 1 is 1.09 bits per heavy atom. The quantitative estimate of drug-likeness (QED) is 0.149. The van der Waals surface area contributed by atoms with Crippen molar-refractivity contribution < 1.29 is 4.79 Å². The summed E-state index contributed by atoms with van der Waals surface area (Å²) in [6, 6.07) is 14.8. The molecule has 1 unspecified atom stereocenters. The number of carbonyl (C=O) groups is 1. The van der Waals surface area contributed by atoms with Gasteiger partial charge in [0.15, 0.2) is 5.78 Å². The molecule has 0 radical (unpaired) electrons. The molecule has 0 N–H and O–H groups in total. The normalized spacial score (nSPS) is 15.8. The maximum absolute atomic E-state index is 14.3. The minimum Gasteiger partial charge on any atom is -0.297 e. The summed E-state index contributed by atoms with van der Waals surface area (Å²) in [5.74, 6) is 2.75. The zero-order chi connectivity index (χ0) is 25.6. The van der Waals surface area contributed by atoms with Crippen molar-refractivity contribution in [1.82, 2.24) is 4.90 Å². The molecule has 3 rings (SSSR count). The monoisotopic (exact) mass is 463 g/mol. The number of nitrogens with zero attached hydrogens (tertiary/aromatic N) is 1. The third-order valence-electron chi connectivity index (χ3n) is 7.53. The maximum Gasteiger partial charge on any atom is 0.183 e. The number of fused-ring (bicyclic) bond motifs is 3. The molecular formula is C33H37NO. The lowest BCUT2D eigenvalue weighted by molar-refractivity contribution is 0.0668. The lowest BCUT2D eigenvalue weighted by Gasteiger charge is -2.39. The van der Waals surface area contributed by atoms with Crippen LogP contribution < -0.4 is 0 Å². The topological polar surface area (TPSA) is 20.3 Å². The van der Waals surface area contributed by atoms with Crippen molar-refractivity contribution >= 4 is 5.78 Å². The van der Waals surface area contributed by atoms with E-state index in [1.54, 1.807) is 6.08 Å². The lowest BCUT2D eigenvalue weighted by Crippen LogP contribution is -2.51. The van der Waals surface area contributed by atoms with Crippen LogP contribution in [-0.2, 0) is 5.41 Å². The van der Waals surface area contributed by atoms with Crippen LogP contribution in [0.3, 0.4) is 0 Å². The molecule has 2 heteroatoms. The van der Waals surface area contributed by atoms with Gasteiger partial charge in [-0.2, -0.15) is 0 Å². The highest BCUT2D eigenvalue weighted by molar-refractivity contribution is 6.04. The number of hydrogen-bond acceptors (Lipinski definition) is 2. The van der Waals surface area contributed by atoms with E-state index in [4.69, 9.17) is 6.42 Å². The molecule has 0 spiro atoms. The highest BCUT2D eigenvalue weighted by Gasteiger charge is 2.44. The van der Waals surface area contributed by atoms with Crippen LogP contribution >= 0.6 is 0 Å². The Hall–Kier alpha value is -3.41. The molecule has 0 saturated heterocycles. The standard InChI is InChI=1S/C33H37NO/c1-8-15-25(16-9-2)24-33(12-5,34(6)7)31(35)26-19-20-28-27-17-13-14-18-29(27)32(21-10-3,22-11-4)30(28)23-26/h1,9-11,13-20,23H,3-4,12,21-22,24H2,2,5-7H3/b16-9-,25-15+. The molecule has 0 aromatic heterocycles. The zero-order valence-electron chi connectivity index (χ0n) is 21.6. The second-order valence-corrected chi connectivity index (χ2v) is 9.55. The van der Waals surface area contributed by atoms with Crippen molar-refractivity contribution in [1.29, 1.82) is 0 Å². The van der Waals surface area contributed by atoms with Crippen LogP contribution in [-0.4, -0.2) is 30.3 Å². The number of rotatable bonds is 11. The second-order valence-electron chi connectivity index (χ2n) is 9.55. The zero-order valence-corrected chi connectivity index (χ0v) is 21.6. The second kappa shape index (κ2) is 10.9. The first-order valence-corrected chi connectivity index (χ1v) is 12.3. The van der Waals surface area contributed by atoms with Gasteiger partial charge in [-0.05, 0) is 86.7 Å². The molecule has 0 amide bonds. The molecule has 2 nitrogen and oxygen atoms in total. The van der Waals surface area contributed by atoms with Crippen LogP contribution in [0, 0.1) is 12.3 Å². The summed E-state index contributed by atoms with van der Waals surface area (Å²) >= 11 is 0. The van der Waals surface area contributed by atoms with Gasteiger partial charge in [0, 0.05) is 11.0 Å². The fraction of sp³-hybridized carbons (Fsp3) is 0.303. The molecule has 35 heavy (non-hydrogen) atoms. The average Bonchev–Trinajstić information content (AvgIpc) is 3.12. The predicted octanol–water partition coefficient (Wildman–Crippen LogP) is 7.52. The van der Waals surface area contributed by atoms with E-state index in [1.165, 1.54) is 22.3 Å². The lowest BCUT2D eigenvalue weighted by atomic mass is 9.72. The van der Waals surface area contributed by atoms with Crippen molar-refractivity contribution in [2.24, 2.45) is 0 Å². The van der Waals surface area contributed by atoms with E-state index in [2.05, 4.69) is 62.4 Å². The van der Waals surface area contributed by atoms with E-state index in [-0.39, 0.29) is 11.2 Å². The molecular weight excluding hydrogens is 426 g/mol. The summed E-state index contributed by atoms with van der Waals surface area (Å²) in [6.45, 7) is 12.2. The van der Waals surface area contributed by atoms with E-state index >= 15 is 0 Å². The summed E-state index contributed by atoms with van der Waals surface area (Å²) in [7, 11) is 3.96. The highest BCUT2D eigenvalue weighted by Crippen LogP contribution is 2.53. The van der Waals surface area contributed by atoms with Crippen LogP contribution in [0.4, 0.5) is 0 Å². The number of Topliss-reactive ketones (excluding diaryl/α,β-unsaturated/α-hetero) is 1. The van der Waals surface area contributed by atoms with E-state index in [0.717, 1.165) is 24.0 Å². The molecule has 1 aliphatic carbocycles. The maximum atomic E-state index is 14.3. The van der Waals surface area contributed by atoms with Gasteiger partial charge in [-0.3, -0.25) is 9.69 Å². The van der Waals surface area contributed by atoms with Crippen LogP contribution in [0.15, 0.2) is 91.6 Å². The molecule has 1 aliphatic rings. The third kappa shape index (κ3) is 4.49. The first-order valence-electron chi connectivity index (χ1n) is 12.3. The molecule has 0 saturated carbocycles. The summed E-state index contributed by atoms with van der Waals surface area (Å²) in [5, 5.41) is 0. The Balaban J connectivity index is 2.20. The van der Waals surface area contributed by atoms with Gasteiger partial charge in [-0.25, -0.2) is 0 Å². The van der Waals surface area contributed by atoms with Crippen LogP contribution in [0.2, 0.25) is 0 Å². The molecule has 2 aromatic rings. The van der Waals surface area contributed by atoms with Gasteiger partial charge >= 0.3 is 0 Å². The fourth-order valence-electron chi connectivity index (χ4n) is 5.74. The number of allylic oxidation sites excluding steroid dienone is 5. The average molecular weight is 464 g/mol. The predicted molar refractivity (Wildman–Crippen MR) is 150 cm³/mol. The van der Waals surface area contributed by atoms with E-state index in [9.17, 15) is 4.79 Å². The van der Waals surface area contributed by atoms with E-state index in [0.29, 0.717) is 12.8 Å². The first kappa shape index (κ1) is 26.2. The number of hydrogen-bond donors (Lipinski definition) is 0. The van der Waals surface area contributed by atoms with Gasteiger partial charge in [0.1, 0.15) is 0 Å². The number of likely N-dealkylation sites (N-methyl/N-ethyl adjacent to an activating group) is 1. The molecule has 180 valence electrons. The first-order chi connectivity index (χ1) is 16.8. The molecule has 0 fully saturated rings. The number of benzene rings is 2. The summed E-state index contributed by atoms with van der Waals surface area (Å²) in [6.07, 6.45) is 18.1. The number of ketones is 1. The highest BCUT2D eigenvalue weighted by atomic mass is 16.1. The Morgan fingerprint density at radius 2 is 1.74 bits per heavy atom. The Bertz CT molecular complexity index is 1210. The minimum atomic E-state index is -0.707. The van der Waals surface area contributed by atoms with Crippen LogP contribution in [0.1, 0.15) is 61.0 Å². The van der Waals surface area contributed by atoms with Gasteiger partial charge in [0.2, 0.25) is 0 Å². The van der Waals surface area contributed by atoms with Gasteiger partial charge in [0.05, 0.1) is 5.54 Å². The molecule has 0 heterocycles. The molecule has 2 aromatic carbocycles. The Morgan fingerprint density at radius 3 is 2.31 bits per heavy atom. The number of terminal acetylenes is 1. The smallest absolute Gasteiger partial charge is 0.183 e. The van der Waals surface area contributed by atoms with E-state index in [1.807, 2.05) is 56.3 Å². The summed E-state index contributed by atoms with van der Waals surface area (Å²) in [5.41, 5.74) is 5.61. The Labute approximate surface area is 211 Å². The van der Waals surface area contributed by atoms with Gasteiger partial charge in [-0.1, -0.05) is 73.5 Å².